The number of H-pyrrole nitrogens is 1. The second-order valence-corrected chi connectivity index (χ2v) is 7.72. The SMILES string of the molecule is Cc1[nH]c2ccccc2c1C(CC(=O)c1ccc(Br)cc1)c1ccccc1. The lowest BCUT2D eigenvalue weighted by molar-refractivity contribution is 0.0977. The molecule has 0 spiro atoms. The lowest BCUT2D eigenvalue weighted by Crippen LogP contribution is -2.10. The Kier molecular flexibility index (Phi) is 4.95. The van der Waals surface area contributed by atoms with Gasteiger partial charge in [0.1, 0.15) is 0 Å². The van der Waals surface area contributed by atoms with Crippen LogP contribution in [0.2, 0.25) is 0 Å². The van der Waals surface area contributed by atoms with Crippen LogP contribution >= 0.6 is 15.9 Å². The van der Waals surface area contributed by atoms with Crippen LogP contribution in [0.3, 0.4) is 0 Å². The van der Waals surface area contributed by atoms with E-state index in [0.717, 1.165) is 26.8 Å². The highest BCUT2D eigenvalue weighted by atomic mass is 79.9. The number of nitrogens with one attached hydrogen (secondary N) is 1. The van der Waals surface area contributed by atoms with Crippen LogP contribution in [0.4, 0.5) is 0 Å². The van der Waals surface area contributed by atoms with Crippen LogP contribution in [0.25, 0.3) is 10.9 Å². The first-order chi connectivity index (χ1) is 13.1. The van der Waals surface area contributed by atoms with E-state index in [0.29, 0.717) is 6.42 Å². The van der Waals surface area contributed by atoms with Crippen LogP contribution in [0.5, 0.6) is 0 Å². The van der Waals surface area contributed by atoms with E-state index in [1.165, 1.54) is 10.9 Å². The monoisotopic (exact) mass is 417 g/mol. The van der Waals surface area contributed by atoms with Gasteiger partial charge in [-0.25, -0.2) is 0 Å². The number of carbonyl (C=O) groups excluding carboxylic acids is 1. The highest BCUT2D eigenvalue weighted by Gasteiger charge is 2.24. The van der Waals surface area contributed by atoms with Crippen molar-refractivity contribution in [3.8, 4) is 0 Å². The van der Waals surface area contributed by atoms with E-state index >= 15 is 0 Å². The fraction of sp³-hybridized carbons (Fsp3) is 0.125. The van der Waals surface area contributed by atoms with Gasteiger partial charge < -0.3 is 4.98 Å². The maximum atomic E-state index is 13.1. The molecule has 27 heavy (non-hydrogen) atoms. The summed E-state index contributed by atoms with van der Waals surface area (Å²) in [5, 5.41) is 1.19. The Bertz CT molecular complexity index is 1080. The number of para-hydroxylation sites is 1. The smallest absolute Gasteiger partial charge is 0.163 e. The van der Waals surface area contributed by atoms with Crippen LogP contribution in [-0.2, 0) is 0 Å². The first kappa shape index (κ1) is 17.7. The predicted octanol–water partition coefficient (Wildman–Crippen LogP) is 6.64. The number of rotatable bonds is 5. The lowest BCUT2D eigenvalue weighted by Gasteiger charge is -2.18. The number of hydrogen-bond acceptors (Lipinski definition) is 1. The molecule has 4 aromatic rings. The minimum Gasteiger partial charge on any atom is -0.358 e. The van der Waals surface area contributed by atoms with E-state index in [1.54, 1.807) is 0 Å². The third-order valence-electron chi connectivity index (χ3n) is 5.05. The van der Waals surface area contributed by atoms with Crippen molar-refractivity contribution in [1.82, 2.24) is 4.98 Å². The maximum absolute atomic E-state index is 13.1. The van der Waals surface area contributed by atoms with Gasteiger partial charge in [0.25, 0.3) is 0 Å². The van der Waals surface area contributed by atoms with Gasteiger partial charge in [0.15, 0.2) is 5.78 Å². The van der Waals surface area contributed by atoms with Crippen molar-refractivity contribution in [1.29, 1.82) is 0 Å². The summed E-state index contributed by atoms with van der Waals surface area (Å²) in [6.07, 6.45) is 0.439. The largest absolute Gasteiger partial charge is 0.358 e. The molecule has 3 heteroatoms. The van der Waals surface area contributed by atoms with E-state index < -0.39 is 0 Å². The maximum Gasteiger partial charge on any atom is 0.163 e. The molecule has 134 valence electrons. The summed E-state index contributed by atoms with van der Waals surface area (Å²) in [7, 11) is 0. The zero-order valence-corrected chi connectivity index (χ0v) is 16.7. The molecular weight excluding hydrogens is 398 g/mol. The Balaban J connectivity index is 1.79. The van der Waals surface area contributed by atoms with E-state index in [1.807, 2.05) is 48.5 Å². The fourth-order valence-corrected chi connectivity index (χ4v) is 4.02. The van der Waals surface area contributed by atoms with Gasteiger partial charge in [-0.3, -0.25) is 4.79 Å². The van der Waals surface area contributed by atoms with Gasteiger partial charge >= 0.3 is 0 Å². The average molecular weight is 418 g/mol. The van der Waals surface area contributed by atoms with Gasteiger partial charge in [-0.05, 0) is 36.2 Å². The van der Waals surface area contributed by atoms with Gasteiger partial charge in [0.2, 0.25) is 0 Å². The summed E-state index contributed by atoms with van der Waals surface area (Å²) >= 11 is 3.43. The van der Waals surface area contributed by atoms with Gasteiger partial charge in [-0.15, -0.1) is 0 Å². The van der Waals surface area contributed by atoms with Crippen molar-refractivity contribution in [3.63, 3.8) is 0 Å². The minimum atomic E-state index is 0.0125. The molecule has 1 atom stereocenters. The molecule has 1 N–H and O–H groups in total. The van der Waals surface area contributed by atoms with Crippen molar-refractivity contribution in [2.45, 2.75) is 19.3 Å². The number of ketones is 1. The molecule has 1 aromatic heterocycles. The first-order valence-electron chi connectivity index (χ1n) is 9.04. The summed E-state index contributed by atoms with van der Waals surface area (Å²) < 4.78 is 0.978. The molecule has 0 aliphatic carbocycles. The number of aryl methyl sites for hydroxylation is 1. The van der Waals surface area contributed by atoms with Crippen molar-refractivity contribution >= 4 is 32.6 Å². The first-order valence-corrected chi connectivity index (χ1v) is 9.83. The molecule has 0 aliphatic rings. The number of aromatic amines is 1. The number of benzene rings is 3. The molecule has 2 nitrogen and oxygen atoms in total. The molecule has 0 aliphatic heterocycles. The number of Topliss-reactive ketones (excluding diaryl/α,β-unsaturated/α-hetero) is 1. The van der Waals surface area contributed by atoms with E-state index in [4.69, 9.17) is 0 Å². The Labute approximate surface area is 167 Å². The van der Waals surface area contributed by atoms with Gasteiger partial charge in [-0.2, -0.15) is 0 Å². The molecule has 0 saturated carbocycles. The van der Waals surface area contributed by atoms with Crippen LogP contribution in [-0.4, -0.2) is 10.8 Å². The molecule has 3 aromatic carbocycles. The summed E-state index contributed by atoms with van der Waals surface area (Å²) in [4.78, 5) is 16.5. The predicted molar refractivity (Wildman–Crippen MR) is 114 cm³/mol. The van der Waals surface area contributed by atoms with Crippen LogP contribution in [0.15, 0.2) is 83.3 Å². The number of carbonyl (C=O) groups is 1. The quantitative estimate of drug-likeness (QED) is 0.362. The van der Waals surface area contributed by atoms with E-state index in [2.05, 4.69) is 58.2 Å². The second kappa shape index (κ2) is 7.53. The third-order valence-corrected chi connectivity index (χ3v) is 5.58. The standard InChI is InChI=1S/C24H20BrNO/c1-16-24(20-9-5-6-10-22(20)26-16)21(17-7-3-2-4-8-17)15-23(27)18-11-13-19(25)14-12-18/h2-14,21,26H,15H2,1H3. The molecule has 0 bridgehead atoms. The van der Waals surface area contributed by atoms with E-state index in [-0.39, 0.29) is 11.7 Å². The Hall–Kier alpha value is -2.65. The number of halogens is 1. The zero-order valence-electron chi connectivity index (χ0n) is 15.1. The van der Waals surface area contributed by atoms with E-state index in [9.17, 15) is 4.79 Å². The normalized spacial score (nSPS) is 12.2. The molecule has 0 fully saturated rings. The summed E-state index contributed by atoms with van der Waals surface area (Å²) in [6.45, 7) is 2.09. The number of aromatic nitrogens is 1. The van der Waals surface area contributed by atoms with Crippen LogP contribution in [0, 0.1) is 6.92 Å². The van der Waals surface area contributed by atoms with Crippen molar-refractivity contribution in [2.24, 2.45) is 0 Å². The highest BCUT2D eigenvalue weighted by molar-refractivity contribution is 9.10. The van der Waals surface area contributed by atoms with Crippen molar-refractivity contribution in [3.05, 3.63) is 106 Å². The summed E-state index contributed by atoms with van der Waals surface area (Å²) in [6, 6.07) is 26.2. The van der Waals surface area contributed by atoms with Gasteiger partial charge in [0, 0.05) is 39.0 Å². The second-order valence-electron chi connectivity index (χ2n) is 6.81. The molecule has 0 saturated heterocycles. The van der Waals surface area contributed by atoms with Crippen LogP contribution < -0.4 is 0 Å². The van der Waals surface area contributed by atoms with Crippen molar-refractivity contribution < 1.29 is 4.79 Å². The molecule has 0 radical (unpaired) electrons. The Morgan fingerprint density at radius 1 is 0.926 bits per heavy atom. The van der Waals surface area contributed by atoms with Crippen molar-refractivity contribution in [2.75, 3.05) is 0 Å². The lowest BCUT2D eigenvalue weighted by atomic mass is 9.84. The molecule has 0 amide bonds. The average Bonchev–Trinajstić information content (AvgIpc) is 3.03. The number of fused-ring (bicyclic) bond motifs is 1. The molecular formula is C24H20BrNO. The van der Waals surface area contributed by atoms with Gasteiger partial charge in [0.05, 0.1) is 0 Å². The minimum absolute atomic E-state index is 0.0125. The zero-order chi connectivity index (χ0) is 18.8. The molecule has 1 heterocycles. The topological polar surface area (TPSA) is 32.9 Å². The molecule has 1 unspecified atom stereocenters. The van der Waals surface area contributed by atoms with Gasteiger partial charge in [-0.1, -0.05) is 76.6 Å². The number of hydrogen-bond donors (Lipinski definition) is 1. The third kappa shape index (κ3) is 3.60. The summed E-state index contributed by atoms with van der Waals surface area (Å²) in [5.41, 5.74) is 5.35. The summed E-state index contributed by atoms with van der Waals surface area (Å²) in [5.74, 6) is 0.166. The fourth-order valence-electron chi connectivity index (χ4n) is 3.76. The van der Waals surface area contributed by atoms with Crippen LogP contribution in [0.1, 0.15) is 39.5 Å². The Morgan fingerprint density at radius 2 is 1.59 bits per heavy atom. The molecule has 4 rings (SSSR count). The highest BCUT2D eigenvalue weighted by Crippen LogP contribution is 2.36. The Morgan fingerprint density at radius 3 is 2.33 bits per heavy atom.